The maximum absolute atomic E-state index is 6.22. The standard InChI is InChI=1S/C36H37ClN4OS/c37-16-8-17-40(27-29-20-33(25-38-23-29)31-10-3-1-4-11-31)41(18-9-19-42-35-14-7-15-36(43)22-35)28-30-21-34(26-39-24-30)32-12-5-2-6-13-32/h1-7,10-15,20-26,43H,8-9,16-19,27-28H2. The smallest absolute Gasteiger partial charge is 0.120 e. The van der Waals surface area contributed by atoms with E-state index < -0.39 is 0 Å². The molecule has 7 heteroatoms. The van der Waals surface area contributed by atoms with E-state index in [1.54, 1.807) is 0 Å². The summed E-state index contributed by atoms with van der Waals surface area (Å²) in [5.74, 6) is 1.43. The topological polar surface area (TPSA) is 41.5 Å². The highest BCUT2D eigenvalue weighted by Gasteiger charge is 2.18. The Bertz CT molecular complexity index is 1550. The summed E-state index contributed by atoms with van der Waals surface area (Å²) in [6.45, 7) is 3.68. The van der Waals surface area contributed by atoms with Gasteiger partial charge in [0.15, 0.2) is 0 Å². The van der Waals surface area contributed by atoms with Crippen LogP contribution in [0.15, 0.2) is 127 Å². The number of hydrogen-bond acceptors (Lipinski definition) is 6. The summed E-state index contributed by atoms with van der Waals surface area (Å²) < 4.78 is 6.07. The van der Waals surface area contributed by atoms with Crippen LogP contribution in [0, 0.1) is 0 Å². The number of rotatable bonds is 15. The van der Waals surface area contributed by atoms with Gasteiger partial charge in [0, 0.05) is 72.9 Å². The lowest BCUT2D eigenvalue weighted by atomic mass is 10.1. The number of alkyl halides is 1. The monoisotopic (exact) mass is 608 g/mol. The number of benzene rings is 3. The third-order valence-electron chi connectivity index (χ3n) is 7.13. The normalized spacial score (nSPS) is 11.3. The van der Waals surface area contributed by atoms with E-state index in [2.05, 4.69) is 93.3 Å². The average molecular weight is 609 g/mol. The SMILES string of the molecule is Sc1cccc(OCCCN(Cc2cncc(-c3ccccc3)c2)N(CCCCl)Cc2cncc(-c3ccccc3)c2)c1. The molecule has 2 heterocycles. The van der Waals surface area contributed by atoms with Crippen molar-refractivity contribution in [3.63, 3.8) is 0 Å². The van der Waals surface area contributed by atoms with Gasteiger partial charge in [0.05, 0.1) is 6.61 Å². The molecular weight excluding hydrogens is 572 g/mol. The third kappa shape index (κ3) is 9.40. The maximum Gasteiger partial charge on any atom is 0.120 e. The van der Waals surface area contributed by atoms with Crippen LogP contribution in [0.1, 0.15) is 24.0 Å². The number of thiol groups is 1. The van der Waals surface area contributed by atoms with E-state index in [1.165, 1.54) is 0 Å². The maximum atomic E-state index is 6.22. The van der Waals surface area contributed by atoms with Gasteiger partial charge < -0.3 is 4.74 Å². The van der Waals surface area contributed by atoms with Gasteiger partial charge in [0.25, 0.3) is 0 Å². The molecule has 0 bridgehead atoms. The van der Waals surface area contributed by atoms with Gasteiger partial charge in [-0.3, -0.25) is 9.97 Å². The van der Waals surface area contributed by atoms with Gasteiger partial charge in [-0.15, -0.1) is 24.2 Å². The Kier molecular flexibility index (Phi) is 11.6. The summed E-state index contributed by atoms with van der Waals surface area (Å²) in [5, 5.41) is 4.81. The Morgan fingerprint density at radius 2 is 1.16 bits per heavy atom. The number of pyridine rings is 2. The molecule has 5 rings (SSSR count). The Balaban J connectivity index is 1.37. The van der Waals surface area contributed by atoms with Crippen LogP contribution in [-0.2, 0) is 13.1 Å². The molecule has 3 aromatic carbocycles. The van der Waals surface area contributed by atoms with Crippen molar-refractivity contribution in [2.45, 2.75) is 30.8 Å². The minimum Gasteiger partial charge on any atom is -0.494 e. The zero-order valence-corrected chi connectivity index (χ0v) is 25.9. The molecule has 0 unspecified atom stereocenters. The van der Waals surface area contributed by atoms with Crippen LogP contribution in [0.25, 0.3) is 22.3 Å². The number of hydrogen-bond donors (Lipinski definition) is 1. The zero-order valence-electron chi connectivity index (χ0n) is 24.2. The summed E-state index contributed by atoms with van der Waals surface area (Å²) >= 11 is 10.7. The molecule has 0 saturated heterocycles. The molecular formula is C36H37ClN4OS. The van der Waals surface area contributed by atoms with E-state index in [0.29, 0.717) is 19.0 Å². The largest absolute Gasteiger partial charge is 0.494 e. The molecule has 0 atom stereocenters. The average Bonchev–Trinajstić information content (AvgIpc) is 3.05. The molecule has 0 amide bonds. The van der Waals surface area contributed by atoms with Crippen LogP contribution in [0.5, 0.6) is 5.75 Å². The first-order chi connectivity index (χ1) is 21.2. The first kappa shape index (κ1) is 30.8. The van der Waals surface area contributed by atoms with E-state index in [0.717, 1.165) is 76.5 Å². The number of halogens is 1. The Morgan fingerprint density at radius 1 is 0.605 bits per heavy atom. The summed E-state index contributed by atoms with van der Waals surface area (Å²) in [6, 6.07) is 33.1. The van der Waals surface area contributed by atoms with Crippen LogP contribution < -0.4 is 4.74 Å². The molecule has 0 aliphatic rings. The van der Waals surface area contributed by atoms with Crippen molar-refractivity contribution in [1.29, 1.82) is 0 Å². The van der Waals surface area contributed by atoms with Crippen molar-refractivity contribution in [3.8, 4) is 28.0 Å². The summed E-state index contributed by atoms with van der Waals surface area (Å²) in [6.07, 6.45) is 9.50. The van der Waals surface area contributed by atoms with E-state index >= 15 is 0 Å². The van der Waals surface area contributed by atoms with Crippen LogP contribution in [0.3, 0.4) is 0 Å². The molecule has 0 aliphatic heterocycles. The van der Waals surface area contributed by atoms with Gasteiger partial charge in [-0.1, -0.05) is 66.7 Å². The van der Waals surface area contributed by atoms with E-state index in [9.17, 15) is 0 Å². The fourth-order valence-corrected chi connectivity index (χ4v) is 5.37. The summed E-state index contributed by atoms with van der Waals surface area (Å²) in [4.78, 5) is 10.1. The van der Waals surface area contributed by atoms with Crippen LogP contribution >= 0.6 is 24.2 Å². The Labute approximate surface area is 265 Å². The molecule has 5 aromatic rings. The molecule has 220 valence electrons. The van der Waals surface area contributed by atoms with Gasteiger partial charge in [-0.25, -0.2) is 10.0 Å². The molecule has 2 aromatic heterocycles. The van der Waals surface area contributed by atoms with Crippen molar-refractivity contribution in [2.75, 3.05) is 25.6 Å². The Hall–Kier alpha value is -3.68. The summed E-state index contributed by atoms with van der Waals surface area (Å²) in [7, 11) is 0. The van der Waals surface area contributed by atoms with E-state index in [-0.39, 0.29) is 0 Å². The highest BCUT2D eigenvalue weighted by Crippen LogP contribution is 2.23. The molecule has 0 saturated carbocycles. The lowest BCUT2D eigenvalue weighted by Gasteiger charge is -2.35. The lowest BCUT2D eigenvalue weighted by molar-refractivity contribution is -0.0439. The molecule has 0 N–H and O–H groups in total. The predicted molar refractivity (Wildman–Crippen MR) is 179 cm³/mol. The minimum absolute atomic E-state index is 0.598. The van der Waals surface area contributed by atoms with E-state index in [4.69, 9.17) is 16.3 Å². The second-order valence-electron chi connectivity index (χ2n) is 10.4. The number of nitrogens with zero attached hydrogens (tertiary/aromatic N) is 4. The molecule has 0 fully saturated rings. The quantitative estimate of drug-likeness (QED) is 0.0559. The molecule has 43 heavy (non-hydrogen) atoms. The van der Waals surface area contributed by atoms with Gasteiger partial charge in [-0.05, 0) is 65.4 Å². The predicted octanol–water partition coefficient (Wildman–Crippen LogP) is 8.42. The van der Waals surface area contributed by atoms with Crippen molar-refractivity contribution in [2.24, 2.45) is 0 Å². The first-order valence-corrected chi connectivity index (χ1v) is 15.6. The number of aromatic nitrogens is 2. The molecule has 0 spiro atoms. The zero-order chi connectivity index (χ0) is 29.7. The highest BCUT2D eigenvalue weighted by molar-refractivity contribution is 7.80. The van der Waals surface area contributed by atoms with Crippen molar-refractivity contribution in [3.05, 3.63) is 133 Å². The van der Waals surface area contributed by atoms with Gasteiger partial charge in [0.2, 0.25) is 0 Å². The fourth-order valence-electron chi connectivity index (χ4n) is 5.04. The van der Waals surface area contributed by atoms with Crippen molar-refractivity contribution in [1.82, 2.24) is 20.0 Å². The molecule has 5 nitrogen and oxygen atoms in total. The van der Waals surface area contributed by atoms with Crippen LogP contribution in [-0.4, -0.2) is 45.6 Å². The number of hydrazine groups is 1. The van der Waals surface area contributed by atoms with Gasteiger partial charge in [0.1, 0.15) is 5.75 Å². The van der Waals surface area contributed by atoms with E-state index in [1.807, 2.05) is 61.2 Å². The molecule has 0 radical (unpaired) electrons. The van der Waals surface area contributed by atoms with Crippen molar-refractivity contribution >= 4 is 24.2 Å². The van der Waals surface area contributed by atoms with Gasteiger partial charge in [-0.2, -0.15) is 0 Å². The highest BCUT2D eigenvalue weighted by atomic mass is 35.5. The minimum atomic E-state index is 0.598. The molecule has 0 aliphatic carbocycles. The second-order valence-corrected chi connectivity index (χ2v) is 11.3. The van der Waals surface area contributed by atoms with Crippen LogP contribution in [0.2, 0.25) is 0 Å². The third-order valence-corrected chi connectivity index (χ3v) is 7.68. The summed E-state index contributed by atoms with van der Waals surface area (Å²) in [5.41, 5.74) is 6.84. The first-order valence-electron chi connectivity index (χ1n) is 14.6. The van der Waals surface area contributed by atoms with Crippen molar-refractivity contribution < 1.29 is 4.74 Å². The van der Waals surface area contributed by atoms with Crippen LogP contribution in [0.4, 0.5) is 0 Å². The van der Waals surface area contributed by atoms with Gasteiger partial charge >= 0.3 is 0 Å². The fraction of sp³-hybridized carbons (Fsp3) is 0.222. The number of ether oxygens (including phenoxy) is 1. The second kappa shape index (κ2) is 16.2. The Morgan fingerprint density at radius 3 is 1.70 bits per heavy atom. The lowest BCUT2D eigenvalue weighted by Crippen LogP contribution is -2.43.